The molecule has 5 rings (SSSR count). The van der Waals surface area contributed by atoms with Crippen LogP contribution in [0.5, 0.6) is 11.5 Å². The van der Waals surface area contributed by atoms with Gasteiger partial charge in [-0.15, -0.1) is 8.78 Å². The maximum absolute atomic E-state index is 13.4. The molecule has 0 spiro atoms. The highest BCUT2D eigenvalue weighted by Gasteiger charge is 2.53. The summed E-state index contributed by atoms with van der Waals surface area (Å²) in [6, 6.07) is 13.4. The number of aldehydes is 1. The van der Waals surface area contributed by atoms with Crippen molar-refractivity contribution in [3.8, 4) is 22.8 Å². The van der Waals surface area contributed by atoms with E-state index >= 15 is 0 Å². The Balaban J connectivity index is 1.41. The molecule has 0 saturated heterocycles. The molecule has 1 fully saturated rings. The summed E-state index contributed by atoms with van der Waals surface area (Å²) in [7, 11) is 0. The van der Waals surface area contributed by atoms with E-state index in [1.165, 1.54) is 12.1 Å². The molecule has 3 aromatic rings. The molecular weight excluding hydrogens is 430 g/mol. The monoisotopic (exact) mass is 450 g/mol. The number of aryl methyl sites for hydroxylation is 2. The van der Waals surface area contributed by atoms with Gasteiger partial charge in [-0.25, -0.2) is 4.98 Å². The van der Waals surface area contributed by atoms with Gasteiger partial charge in [0, 0.05) is 11.1 Å². The maximum atomic E-state index is 13.4. The normalized spacial score (nSPS) is 16.8. The minimum atomic E-state index is -3.70. The highest BCUT2D eigenvalue weighted by molar-refractivity contribution is 6.01. The van der Waals surface area contributed by atoms with Crippen LogP contribution in [0.3, 0.4) is 0 Å². The molecule has 0 unspecified atom stereocenters. The summed E-state index contributed by atoms with van der Waals surface area (Å²) >= 11 is 0. The molecule has 1 N–H and O–H groups in total. The Hall–Kier alpha value is -3.81. The Kier molecular flexibility index (Phi) is 4.70. The SMILES string of the molecule is Cc1cc(C=O)ccc1-c1nc(NC(=O)C2(c3ccc4c(c3)OC(F)(F)O4)CC2)ccc1C. The highest BCUT2D eigenvalue weighted by atomic mass is 19.3. The number of carbonyl (C=O) groups excluding carboxylic acids is 2. The highest BCUT2D eigenvalue weighted by Crippen LogP contribution is 2.52. The zero-order chi connectivity index (χ0) is 23.4. The van der Waals surface area contributed by atoms with Crippen molar-refractivity contribution in [2.45, 2.75) is 38.4 Å². The first-order valence-corrected chi connectivity index (χ1v) is 10.5. The number of alkyl halides is 2. The number of hydrogen-bond acceptors (Lipinski definition) is 5. The van der Waals surface area contributed by atoms with Crippen molar-refractivity contribution in [3.63, 3.8) is 0 Å². The second-order valence-corrected chi connectivity index (χ2v) is 8.42. The van der Waals surface area contributed by atoms with E-state index in [0.29, 0.717) is 35.5 Å². The molecule has 8 heteroatoms. The first kappa shape index (κ1) is 21.1. The summed E-state index contributed by atoms with van der Waals surface area (Å²) in [5.41, 5.74) is 3.74. The van der Waals surface area contributed by atoms with E-state index in [0.717, 1.165) is 23.0 Å². The lowest BCUT2D eigenvalue weighted by molar-refractivity contribution is -0.286. The average Bonchev–Trinajstić information content (AvgIpc) is 3.52. The number of carbonyl (C=O) groups is 2. The lowest BCUT2D eigenvalue weighted by Gasteiger charge is -2.17. The van der Waals surface area contributed by atoms with Gasteiger partial charge in [0.2, 0.25) is 5.91 Å². The molecule has 1 aliphatic carbocycles. The van der Waals surface area contributed by atoms with Gasteiger partial charge in [-0.2, -0.15) is 0 Å². The van der Waals surface area contributed by atoms with Crippen LogP contribution in [-0.2, 0) is 10.2 Å². The van der Waals surface area contributed by atoms with Gasteiger partial charge in [-0.1, -0.05) is 24.3 Å². The molecule has 0 atom stereocenters. The minimum Gasteiger partial charge on any atom is -0.395 e. The van der Waals surface area contributed by atoms with Crippen LogP contribution in [0.1, 0.15) is 39.9 Å². The molecule has 1 saturated carbocycles. The second-order valence-electron chi connectivity index (χ2n) is 8.42. The number of rotatable bonds is 5. The Morgan fingerprint density at radius 1 is 1.00 bits per heavy atom. The fourth-order valence-corrected chi connectivity index (χ4v) is 4.15. The number of ether oxygens (including phenoxy) is 2. The first-order chi connectivity index (χ1) is 15.7. The van der Waals surface area contributed by atoms with Gasteiger partial charge < -0.3 is 14.8 Å². The number of pyridine rings is 1. The largest absolute Gasteiger partial charge is 0.586 e. The molecule has 6 nitrogen and oxygen atoms in total. The Labute approximate surface area is 188 Å². The average molecular weight is 450 g/mol. The smallest absolute Gasteiger partial charge is 0.395 e. The standard InChI is InChI=1S/C25H20F2N2O4/c1-14-3-8-21(28-22(14)18-6-4-16(13-30)11-15(18)2)29-23(31)24(9-10-24)17-5-7-19-20(12-17)33-25(26,27)32-19/h3-8,11-13H,9-10H2,1-2H3,(H,28,29,31). The van der Waals surface area contributed by atoms with Gasteiger partial charge in [0.15, 0.2) is 11.5 Å². The van der Waals surface area contributed by atoms with Crippen molar-refractivity contribution in [2.75, 3.05) is 5.32 Å². The van der Waals surface area contributed by atoms with Crippen molar-refractivity contribution in [3.05, 3.63) is 70.8 Å². The number of nitrogens with one attached hydrogen (secondary N) is 1. The summed E-state index contributed by atoms with van der Waals surface area (Å²) in [5, 5.41) is 2.88. The molecule has 1 aliphatic heterocycles. The van der Waals surface area contributed by atoms with Crippen LogP contribution in [0.15, 0.2) is 48.5 Å². The number of anilines is 1. The van der Waals surface area contributed by atoms with E-state index in [2.05, 4.69) is 19.8 Å². The van der Waals surface area contributed by atoms with Crippen LogP contribution >= 0.6 is 0 Å². The molecular formula is C25H20F2N2O4. The lowest BCUT2D eigenvalue weighted by Crippen LogP contribution is -2.28. The topological polar surface area (TPSA) is 77.5 Å². The van der Waals surface area contributed by atoms with E-state index in [9.17, 15) is 18.4 Å². The third-order valence-electron chi connectivity index (χ3n) is 6.12. The fourth-order valence-electron chi connectivity index (χ4n) is 4.15. The third-order valence-corrected chi connectivity index (χ3v) is 6.12. The number of aromatic nitrogens is 1. The Morgan fingerprint density at radius 2 is 1.76 bits per heavy atom. The molecule has 2 heterocycles. The number of nitrogens with zero attached hydrogens (tertiary/aromatic N) is 1. The Morgan fingerprint density at radius 3 is 2.45 bits per heavy atom. The molecule has 0 bridgehead atoms. The fraction of sp³-hybridized carbons (Fsp3) is 0.240. The van der Waals surface area contributed by atoms with Gasteiger partial charge in [0.25, 0.3) is 0 Å². The summed E-state index contributed by atoms with van der Waals surface area (Å²) in [6.45, 7) is 3.82. The van der Waals surface area contributed by atoms with Gasteiger partial charge in [-0.05, 0) is 67.6 Å². The third kappa shape index (κ3) is 3.71. The van der Waals surface area contributed by atoms with Crippen LogP contribution in [0, 0.1) is 13.8 Å². The zero-order valence-electron chi connectivity index (χ0n) is 17.9. The minimum absolute atomic E-state index is 0.0548. The van der Waals surface area contributed by atoms with Crippen LogP contribution in [0.2, 0.25) is 0 Å². The first-order valence-electron chi connectivity index (χ1n) is 10.5. The molecule has 1 amide bonds. The zero-order valence-corrected chi connectivity index (χ0v) is 17.9. The molecule has 168 valence electrons. The molecule has 1 aromatic heterocycles. The molecule has 2 aromatic carbocycles. The maximum Gasteiger partial charge on any atom is 0.586 e. The van der Waals surface area contributed by atoms with Crippen molar-refractivity contribution < 1.29 is 27.8 Å². The summed E-state index contributed by atoms with van der Waals surface area (Å²) < 4.78 is 35.7. The van der Waals surface area contributed by atoms with Crippen LogP contribution < -0.4 is 14.8 Å². The number of amides is 1. The van der Waals surface area contributed by atoms with Crippen LogP contribution in [-0.4, -0.2) is 23.5 Å². The van der Waals surface area contributed by atoms with Gasteiger partial charge in [0.05, 0.1) is 11.1 Å². The number of benzene rings is 2. The van der Waals surface area contributed by atoms with Crippen LogP contribution in [0.4, 0.5) is 14.6 Å². The van der Waals surface area contributed by atoms with Crippen molar-refractivity contribution >= 4 is 18.0 Å². The van der Waals surface area contributed by atoms with E-state index < -0.39 is 11.7 Å². The van der Waals surface area contributed by atoms with Gasteiger partial charge >= 0.3 is 6.29 Å². The molecule has 0 radical (unpaired) electrons. The predicted octanol–water partition coefficient (Wildman–Crippen LogP) is 5.17. The predicted molar refractivity (Wildman–Crippen MR) is 117 cm³/mol. The second kappa shape index (κ2) is 7.37. The number of fused-ring (bicyclic) bond motifs is 1. The van der Waals surface area contributed by atoms with Crippen molar-refractivity contribution in [1.29, 1.82) is 0 Å². The molecule has 33 heavy (non-hydrogen) atoms. The van der Waals surface area contributed by atoms with E-state index in [1.54, 1.807) is 24.3 Å². The Bertz CT molecular complexity index is 1300. The number of hydrogen-bond donors (Lipinski definition) is 1. The molecule has 2 aliphatic rings. The van der Waals surface area contributed by atoms with E-state index in [1.807, 2.05) is 26.0 Å². The summed E-state index contributed by atoms with van der Waals surface area (Å²) in [4.78, 5) is 28.9. The van der Waals surface area contributed by atoms with Crippen molar-refractivity contribution in [1.82, 2.24) is 4.98 Å². The van der Waals surface area contributed by atoms with Gasteiger partial charge in [0.1, 0.15) is 12.1 Å². The number of halogens is 2. The van der Waals surface area contributed by atoms with E-state index in [4.69, 9.17) is 0 Å². The summed E-state index contributed by atoms with van der Waals surface area (Å²) in [6.07, 6.45) is -1.75. The summed E-state index contributed by atoms with van der Waals surface area (Å²) in [5.74, 6) is -0.0104. The van der Waals surface area contributed by atoms with Crippen LogP contribution in [0.25, 0.3) is 11.3 Å². The quantitative estimate of drug-likeness (QED) is 0.543. The lowest BCUT2D eigenvalue weighted by atomic mass is 9.94. The van der Waals surface area contributed by atoms with E-state index in [-0.39, 0.29) is 17.4 Å². The van der Waals surface area contributed by atoms with Crippen molar-refractivity contribution in [2.24, 2.45) is 0 Å². The van der Waals surface area contributed by atoms with Gasteiger partial charge in [-0.3, -0.25) is 9.59 Å².